The summed E-state index contributed by atoms with van der Waals surface area (Å²) in [7, 11) is 0. The third-order valence-corrected chi connectivity index (χ3v) is 2.35. The molecule has 2 heterocycles. The van der Waals surface area contributed by atoms with Crippen LogP contribution in [0.3, 0.4) is 0 Å². The molecule has 0 spiro atoms. The molecule has 0 fully saturated rings. The SMILES string of the molecule is [O-][n+]1nn(-c2ccccn2)c2ccccc21. The second kappa shape index (κ2) is 3.30. The van der Waals surface area contributed by atoms with Crippen LogP contribution < -0.4 is 4.85 Å². The highest BCUT2D eigenvalue weighted by Crippen LogP contribution is 2.12. The molecule has 16 heavy (non-hydrogen) atoms. The van der Waals surface area contributed by atoms with Crippen LogP contribution in [0.2, 0.25) is 0 Å². The molecule has 0 aliphatic heterocycles. The summed E-state index contributed by atoms with van der Waals surface area (Å²) in [4.78, 5) is 4.76. The number of para-hydroxylation sites is 2. The van der Waals surface area contributed by atoms with Crippen LogP contribution in [0.25, 0.3) is 16.9 Å². The van der Waals surface area contributed by atoms with E-state index in [4.69, 9.17) is 0 Å². The van der Waals surface area contributed by atoms with Crippen molar-refractivity contribution in [1.29, 1.82) is 0 Å². The molecule has 78 valence electrons. The van der Waals surface area contributed by atoms with E-state index in [9.17, 15) is 5.21 Å². The van der Waals surface area contributed by atoms with Crippen molar-refractivity contribution in [2.75, 3.05) is 0 Å². The third-order valence-electron chi connectivity index (χ3n) is 2.35. The van der Waals surface area contributed by atoms with E-state index in [1.807, 2.05) is 24.3 Å². The highest BCUT2D eigenvalue weighted by molar-refractivity contribution is 5.72. The number of fused-ring (bicyclic) bond motifs is 1. The van der Waals surface area contributed by atoms with Crippen LogP contribution in [-0.2, 0) is 0 Å². The van der Waals surface area contributed by atoms with Gasteiger partial charge in [0.05, 0.1) is 0 Å². The van der Waals surface area contributed by atoms with Crippen molar-refractivity contribution < 1.29 is 4.85 Å². The second-order valence-corrected chi connectivity index (χ2v) is 3.35. The molecule has 0 radical (unpaired) electrons. The van der Waals surface area contributed by atoms with Crippen LogP contribution in [0.5, 0.6) is 0 Å². The summed E-state index contributed by atoms with van der Waals surface area (Å²) < 4.78 is 1.53. The van der Waals surface area contributed by atoms with Gasteiger partial charge in [-0.15, -0.1) is 4.85 Å². The van der Waals surface area contributed by atoms with Gasteiger partial charge in [0.1, 0.15) is 5.21 Å². The fourth-order valence-electron chi connectivity index (χ4n) is 1.63. The first-order chi connectivity index (χ1) is 7.86. The van der Waals surface area contributed by atoms with Gasteiger partial charge in [0, 0.05) is 12.3 Å². The Balaban J connectivity index is 2.33. The Hall–Kier alpha value is -2.43. The molecule has 0 aliphatic carbocycles. The minimum Gasteiger partial charge on any atom is -0.691 e. The molecule has 5 nitrogen and oxygen atoms in total. The van der Waals surface area contributed by atoms with E-state index in [-0.39, 0.29) is 0 Å². The number of aromatic nitrogens is 4. The number of pyridine rings is 1. The summed E-state index contributed by atoms with van der Waals surface area (Å²) in [6.07, 6.45) is 1.67. The van der Waals surface area contributed by atoms with Crippen molar-refractivity contribution in [1.82, 2.24) is 14.9 Å². The average Bonchev–Trinajstić information content (AvgIpc) is 2.69. The maximum absolute atomic E-state index is 11.5. The van der Waals surface area contributed by atoms with Gasteiger partial charge in [-0.3, -0.25) is 0 Å². The van der Waals surface area contributed by atoms with E-state index < -0.39 is 0 Å². The van der Waals surface area contributed by atoms with Crippen molar-refractivity contribution in [2.24, 2.45) is 0 Å². The molecule has 0 unspecified atom stereocenters. The van der Waals surface area contributed by atoms with Crippen LogP contribution in [0.4, 0.5) is 0 Å². The highest BCUT2D eigenvalue weighted by Gasteiger charge is 2.15. The lowest BCUT2D eigenvalue weighted by atomic mass is 10.3. The quantitative estimate of drug-likeness (QED) is 0.447. The minimum atomic E-state index is 0.535. The van der Waals surface area contributed by atoms with Crippen LogP contribution in [-0.4, -0.2) is 14.9 Å². The smallest absolute Gasteiger partial charge is 0.248 e. The molecule has 2 aromatic heterocycles. The Kier molecular flexibility index (Phi) is 1.83. The number of rotatable bonds is 1. The first-order valence-corrected chi connectivity index (χ1v) is 4.85. The van der Waals surface area contributed by atoms with Crippen molar-refractivity contribution in [2.45, 2.75) is 0 Å². The Bertz CT molecular complexity index is 633. The van der Waals surface area contributed by atoms with Gasteiger partial charge in [0.2, 0.25) is 16.9 Å². The van der Waals surface area contributed by atoms with Gasteiger partial charge in [-0.25, -0.2) is 4.98 Å². The Morgan fingerprint density at radius 1 is 1.06 bits per heavy atom. The molecule has 3 aromatic rings. The summed E-state index contributed by atoms with van der Waals surface area (Å²) in [5, 5.41) is 15.4. The number of benzene rings is 1. The lowest BCUT2D eigenvalue weighted by Gasteiger charge is -1.91. The van der Waals surface area contributed by atoms with Crippen LogP contribution in [0.1, 0.15) is 0 Å². The Morgan fingerprint density at radius 2 is 1.88 bits per heavy atom. The zero-order valence-electron chi connectivity index (χ0n) is 8.32. The first kappa shape index (κ1) is 8.84. The van der Waals surface area contributed by atoms with E-state index >= 15 is 0 Å². The number of hydrogen-bond donors (Lipinski definition) is 0. The first-order valence-electron chi connectivity index (χ1n) is 4.85. The summed E-state index contributed by atoms with van der Waals surface area (Å²) in [5.74, 6) is 0.633. The number of nitrogens with zero attached hydrogens (tertiary/aromatic N) is 4. The van der Waals surface area contributed by atoms with Gasteiger partial charge in [0.15, 0.2) is 0 Å². The van der Waals surface area contributed by atoms with Crippen molar-refractivity contribution in [3.05, 3.63) is 53.9 Å². The standard InChI is InChI=1S/C11H8N4O/c16-15-10-6-2-1-5-9(10)14(13-15)11-7-3-4-8-12-11/h1-8H. The van der Waals surface area contributed by atoms with Gasteiger partial charge < -0.3 is 5.21 Å². The minimum absolute atomic E-state index is 0.535. The zero-order chi connectivity index (χ0) is 11.0. The predicted molar refractivity (Wildman–Crippen MR) is 57.8 cm³/mol. The van der Waals surface area contributed by atoms with E-state index in [0.717, 1.165) is 5.52 Å². The molecule has 0 saturated heterocycles. The third kappa shape index (κ3) is 1.22. The summed E-state index contributed by atoms with van der Waals surface area (Å²) in [5.41, 5.74) is 1.28. The Morgan fingerprint density at radius 3 is 2.69 bits per heavy atom. The zero-order valence-corrected chi connectivity index (χ0v) is 8.32. The molecule has 0 N–H and O–H groups in total. The molecule has 3 rings (SSSR count). The predicted octanol–water partition coefficient (Wildman–Crippen LogP) is 1.05. The lowest BCUT2D eigenvalue weighted by Crippen LogP contribution is -2.29. The van der Waals surface area contributed by atoms with Gasteiger partial charge in [-0.2, -0.15) is 0 Å². The topological polar surface area (TPSA) is 57.6 Å². The fourth-order valence-corrected chi connectivity index (χ4v) is 1.63. The molecule has 0 bridgehead atoms. The molecule has 0 atom stereocenters. The van der Waals surface area contributed by atoms with Crippen LogP contribution >= 0.6 is 0 Å². The van der Waals surface area contributed by atoms with Crippen molar-refractivity contribution in [3.8, 4) is 5.82 Å². The molecular formula is C11H8N4O. The van der Waals surface area contributed by atoms with E-state index in [1.165, 1.54) is 4.68 Å². The molecule has 5 heteroatoms. The molecule has 0 aliphatic rings. The van der Waals surface area contributed by atoms with Crippen molar-refractivity contribution >= 4 is 11.0 Å². The van der Waals surface area contributed by atoms with Crippen LogP contribution in [0.15, 0.2) is 48.7 Å². The van der Waals surface area contributed by atoms with Crippen molar-refractivity contribution in [3.63, 3.8) is 0 Å². The van der Waals surface area contributed by atoms with Gasteiger partial charge in [0.25, 0.3) is 0 Å². The normalized spacial score (nSPS) is 10.8. The molecule has 1 aromatic carbocycles. The van der Waals surface area contributed by atoms with E-state index in [1.54, 1.807) is 24.4 Å². The van der Waals surface area contributed by atoms with Gasteiger partial charge >= 0.3 is 0 Å². The fraction of sp³-hybridized carbons (Fsp3) is 0. The maximum atomic E-state index is 11.5. The van der Waals surface area contributed by atoms with Gasteiger partial charge in [-0.05, 0) is 18.2 Å². The van der Waals surface area contributed by atoms with E-state index in [2.05, 4.69) is 10.2 Å². The summed E-state index contributed by atoms with van der Waals surface area (Å²) >= 11 is 0. The highest BCUT2D eigenvalue weighted by atomic mass is 16.5. The van der Waals surface area contributed by atoms with Gasteiger partial charge in [-0.1, -0.05) is 22.9 Å². The monoisotopic (exact) mass is 212 g/mol. The Labute approximate surface area is 91.1 Å². The molecule has 0 amide bonds. The second-order valence-electron chi connectivity index (χ2n) is 3.35. The summed E-state index contributed by atoms with van der Waals surface area (Å²) in [6.45, 7) is 0. The maximum Gasteiger partial charge on any atom is 0.248 e. The molecule has 0 saturated carbocycles. The average molecular weight is 212 g/mol. The van der Waals surface area contributed by atoms with Crippen LogP contribution in [0, 0.1) is 5.21 Å². The summed E-state index contributed by atoms with van der Waals surface area (Å²) in [6, 6.07) is 12.7. The lowest BCUT2D eigenvalue weighted by molar-refractivity contribution is -0.645. The number of hydrogen-bond acceptors (Lipinski definition) is 3. The molecular weight excluding hydrogens is 204 g/mol. The largest absolute Gasteiger partial charge is 0.691 e. The van der Waals surface area contributed by atoms with E-state index in [0.29, 0.717) is 16.2 Å².